The number of benzene rings is 2. The number of amides is 2. The fraction of sp³-hybridized carbons (Fsp3) is 0.238. The second-order valence-corrected chi connectivity index (χ2v) is 8.18. The Balaban J connectivity index is 2.03. The molecule has 29 heavy (non-hydrogen) atoms. The normalized spacial score (nSPS) is 14.9. The van der Waals surface area contributed by atoms with Crippen molar-refractivity contribution in [1.82, 2.24) is 0 Å². The highest BCUT2D eigenvalue weighted by Crippen LogP contribution is 2.40. The molecule has 2 amide bonds. The van der Waals surface area contributed by atoms with Crippen LogP contribution in [0.5, 0.6) is 5.75 Å². The summed E-state index contributed by atoms with van der Waals surface area (Å²) in [6, 6.07) is 10.7. The third kappa shape index (κ3) is 4.17. The Morgan fingerprint density at radius 3 is 2.00 bits per heavy atom. The first-order valence-corrected chi connectivity index (χ1v) is 9.63. The maximum Gasteiger partial charge on any atom is 0.416 e. The van der Waals surface area contributed by atoms with Crippen LogP contribution in [0.2, 0.25) is 0 Å². The molecule has 0 spiro atoms. The van der Waals surface area contributed by atoms with Gasteiger partial charge in [-0.2, -0.15) is 13.2 Å². The maximum absolute atomic E-state index is 13.1. The average molecular weight is 421 g/mol. The molecule has 1 heterocycles. The molecule has 0 aliphatic carbocycles. The number of thioether (sulfide) groups is 1. The third-order valence-electron chi connectivity index (χ3n) is 4.23. The van der Waals surface area contributed by atoms with E-state index in [1.54, 1.807) is 24.3 Å². The Morgan fingerprint density at radius 2 is 1.52 bits per heavy atom. The number of nitrogens with zero attached hydrogens (tertiary/aromatic N) is 1. The summed E-state index contributed by atoms with van der Waals surface area (Å²) in [7, 11) is 1.52. The lowest BCUT2D eigenvalue weighted by atomic mass is 10.1. The number of methoxy groups -OCH3 is 1. The number of carbonyl (C=O) groups is 2. The standard InChI is InChI=1S/C21H18F3NO3S/c1-12(2)29-18-17(13-4-10-16(28-3)11-5-13)19(26)25(20(18)27)15-8-6-14(7-9-15)21(22,23)24/h4-12H,1-3H3. The number of ether oxygens (including phenoxy) is 1. The minimum atomic E-state index is -4.50. The molecular weight excluding hydrogens is 403 g/mol. The van der Waals surface area contributed by atoms with Crippen molar-refractivity contribution in [2.45, 2.75) is 25.3 Å². The lowest BCUT2D eigenvalue weighted by Crippen LogP contribution is -2.31. The molecule has 0 radical (unpaired) electrons. The Hall–Kier alpha value is -2.74. The summed E-state index contributed by atoms with van der Waals surface area (Å²) in [5, 5.41) is 0.0301. The zero-order chi connectivity index (χ0) is 21.3. The van der Waals surface area contributed by atoms with Gasteiger partial charge in [-0.3, -0.25) is 9.59 Å². The van der Waals surface area contributed by atoms with E-state index in [1.165, 1.54) is 18.9 Å². The Labute approximate surface area is 170 Å². The SMILES string of the molecule is COc1ccc(C2=C(SC(C)C)C(=O)N(c3ccc(C(F)(F)F)cc3)C2=O)cc1. The van der Waals surface area contributed by atoms with Crippen molar-refractivity contribution in [1.29, 1.82) is 0 Å². The Morgan fingerprint density at radius 1 is 0.931 bits per heavy atom. The molecule has 0 bridgehead atoms. The highest BCUT2D eigenvalue weighted by molar-refractivity contribution is 8.04. The second-order valence-electron chi connectivity index (χ2n) is 6.59. The van der Waals surface area contributed by atoms with Gasteiger partial charge in [0.15, 0.2) is 0 Å². The first kappa shape index (κ1) is 21.0. The van der Waals surface area contributed by atoms with Gasteiger partial charge in [0.05, 0.1) is 28.8 Å². The van der Waals surface area contributed by atoms with Crippen molar-refractivity contribution < 1.29 is 27.5 Å². The molecule has 2 aromatic carbocycles. The number of hydrogen-bond acceptors (Lipinski definition) is 4. The van der Waals surface area contributed by atoms with E-state index in [2.05, 4.69) is 0 Å². The third-order valence-corrected chi connectivity index (χ3v) is 5.31. The Kier molecular flexibility index (Phi) is 5.75. The molecule has 1 aliphatic rings. The van der Waals surface area contributed by atoms with E-state index in [1.807, 2.05) is 13.8 Å². The largest absolute Gasteiger partial charge is 0.497 e. The van der Waals surface area contributed by atoms with Crippen LogP contribution >= 0.6 is 11.8 Å². The molecule has 0 saturated heterocycles. The van der Waals surface area contributed by atoms with Crippen LogP contribution < -0.4 is 9.64 Å². The van der Waals surface area contributed by atoms with E-state index in [0.717, 1.165) is 29.2 Å². The number of alkyl halides is 3. The zero-order valence-corrected chi connectivity index (χ0v) is 16.7. The molecule has 0 atom stereocenters. The quantitative estimate of drug-likeness (QED) is 0.627. The number of carbonyl (C=O) groups excluding carboxylic acids is 2. The summed E-state index contributed by atoms with van der Waals surface area (Å²) in [6.07, 6.45) is -4.50. The van der Waals surface area contributed by atoms with Crippen molar-refractivity contribution in [3.05, 3.63) is 64.6 Å². The molecule has 1 aliphatic heterocycles. The van der Waals surface area contributed by atoms with Gasteiger partial charge >= 0.3 is 6.18 Å². The molecule has 0 unspecified atom stereocenters. The van der Waals surface area contributed by atoms with Crippen LogP contribution in [0.1, 0.15) is 25.0 Å². The van der Waals surface area contributed by atoms with E-state index in [4.69, 9.17) is 4.74 Å². The van der Waals surface area contributed by atoms with Gasteiger partial charge in [-0.05, 0) is 42.0 Å². The molecular formula is C21H18F3NO3S. The van der Waals surface area contributed by atoms with Crippen molar-refractivity contribution in [2.24, 2.45) is 0 Å². The van der Waals surface area contributed by atoms with Crippen molar-refractivity contribution in [2.75, 3.05) is 12.0 Å². The van der Waals surface area contributed by atoms with Crippen LogP contribution in [-0.2, 0) is 15.8 Å². The molecule has 0 saturated carbocycles. The molecule has 0 fully saturated rings. The lowest BCUT2D eigenvalue weighted by Gasteiger charge is -2.16. The van der Waals surface area contributed by atoms with Crippen LogP contribution in [0, 0.1) is 0 Å². The zero-order valence-electron chi connectivity index (χ0n) is 15.9. The number of rotatable bonds is 5. The van der Waals surface area contributed by atoms with Gasteiger partial charge in [-0.15, -0.1) is 11.8 Å². The minimum absolute atomic E-state index is 0.0301. The first-order valence-electron chi connectivity index (χ1n) is 8.75. The highest BCUT2D eigenvalue weighted by Gasteiger charge is 2.41. The minimum Gasteiger partial charge on any atom is -0.497 e. The summed E-state index contributed by atoms with van der Waals surface area (Å²) in [5.41, 5.74) is 0.0248. The smallest absolute Gasteiger partial charge is 0.416 e. The summed E-state index contributed by atoms with van der Waals surface area (Å²) in [6.45, 7) is 3.78. The number of hydrogen-bond donors (Lipinski definition) is 0. The summed E-state index contributed by atoms with van der Waals surface area (Å²) in [4.78, 5) is 27.3. The van der Waals surface area contributed by atoms with Crippen LogP contribution in [0.3, 0.4) is 0 Å². The predicted octanol–water partition coefficient (Wildman–Crippen LogP) is 5.14. The van der Waals surface area contributed by atoms with Crippen molar-refractivity contribution >= 4 is 34.8 Å². The van der Waals surface area contributed by atoms with E-state index in [9.17, 15) is 22.8 Å². The summed E-state index contributed by atoms with van der Waals surface area (Å²) in [5.74, 6) is -0.508. The van der Waals surface area contributed by atoms with Gasteiger partial charge in [0, 0.05) is 5.25 Å². The van der Waals surface area contributed by atoms with Gasteiger partial charge in [0.25, 0.3) is 11.8 Å². The van der Waals surface area contributed by atoms with E-state index in [-0.39, 0.29) is 21.4 Å². The van der Waals surface area contributed by atoms with Gasteiger partial charge < -0.3 is 4.74 Å². The number of anilines is 1. The fourth-order valence-electron chi connectivity index (χ4n) is 2.90. The van der Waals surface area contributed by atoms with E-state index >= 15 is 0 Å². The topological polar surface area (TPSA) is 46.6 Å². The summed E-state index contributed by atoms with van der Waals surface area (Å²) >= 11 is 1.25. The van der Waals surface area contributed by atoms with E-state index in [0.29, 0.717) is 11.3 Å². The first-order chi connectivity index (χ1) is 13.6. The lowest BCUT2D eigenvalue weighted by molar-refractivity contribution is -0.137. The predicted molar refractivity (Wildman–Crippen MR) is 107 cm³/mol. The van der Waals surface area contributed by atoms with Crippen molar-refractivity contribution in [3.63, 3.8) is 0 Å². The average Bonchev–Trinajstić information content (AvgIpc) is 2.90. The van der Waals surface area contributed by atoms with Gasteiger partial charge in [0.1, 0.15) is 5.75 Å². The molecule has 0 N–H and O–H groups in total. The number of halogens is 3. The molecule has 3 rings (SSSR count). The molecule has 8 heteroatoms. The highest BCUT2D eigenvalue weighted by atomic mass is 32.2. The van der Waals surface area contributed by atoms with Crippen molar-refractivity contribution in [3.8, 4) is 5.75 Å². The van der Waals surface area contributed by atoms with Crippen LogP contribution in [0.25, 0.3) is 5.57 Å². The maximum atomic E-state index is 13.1. The van der Waals surface area contributed by atoms with Crippen LogP contribution in [0.4, 0.5) is 18.9 Å². The van der Waals surface area contributed by atoms with Gasteiger partial charge in [-0.1, -0.05) is 26.0 Å². The molecule has 4 nitrogen and oxygen atoms in total. The van der Waals surface area contributed by atoms with Gasteiger partial charge in [0.2, 0.25) is 0 Å². The summed E-state index contributed by atoms with van der Waals surface area (Å²) < 4.78 is 43.6. The molecule has 0 aromatic heterocycles. The Bertz CT molecular complexity index is 964. The van der Waals surface area contributed by atoms with E-state index < -0.39 is 23.6 Å². The fourth-order valence-corrected chi connectivity index (χ4v) is 3.89. The van der Waals surface area contributed by atoms with Crippen LogP contribution in [0.15, 0.2) is 53.4 Å². The van der Waals surface area contributed by atoms with Crippen LogP contribution in [-0.4, -0.2) is 24.2 Å². The molecule has 152 valence electrons. The number of imide groups is 1. The van der Waals surface area contributed by atoms with Gasteiger partial charge in [-0.25, -0.2) is 4.90 Å². The second kappa shape index (κ2) is 7.94. The molecule has 2 aromatic rings. The monoisotopic (exact) mass is 421 g/mol.